The molecule has 86 valence electrons. The van der Waals surface area contributed by atoms with Gasteiger partial charge in [0.15, 0.2) is 0 Å². The van der Waals surface area contributed by atoms with E-state index in [9.17, 15) is 17.6 Å². The fourth-order valence-electron chi connectivity index (χ4n) is 1.22. The van der Waals surface area contributed by atoms with E-state index in [0.717, 1.165) is 12.1 Å². The molecular formula is C10H8F4N2. The average Bonchev–Trinajstić information content (AvgIpc) is 2.20. The van der Waals surface area contributed by atoms with Crippen molar-refractivity contribution < 1.29 is 17.6 Å². The lowest BCUT2D eigenvalue weighted by atomic mass is 10.0. The van der Waals surface area contributed by atoms with Crippen molar-refractivity contribution in [1.82, 2.24) is 5.43 Å². The van der Waals surface area contributed by atoms with E-state index >= 15 is 0 Å². The Hall–Kier alpha value is -1.58. The van der Waals surface area contributed by atoms with Gasteiger partial charge in [-0.3, -0.25) is 5.84 Å². The topological polar surface area (TPSA) is 38.0 Å². The van der Waals surface area contributed by atoms with E-state index in [0.29, 0.717) is 6.07 Å². The third-order valence-corrected chi connectivity index (χ3v) is 1.98. The molecule has 0 bridgehead atoms. The van der Waals surface area contributed by atoms with E-state index in [1.807, 2.05) is 11.3 Å². The third kappa shape index (κ3) is 2.32. The van der Waals surface area contributed by atoms with Crippen LogP contribution in [0.2, 0.25) is 0 Å². The number of nitrogens with one attached hydrogen (secondary N) is 1. The number of hydrazine groups is 1. The van der Waals surface area contributed by atoms with E-state index in [1.54, 1.807) is 0 Å². The zero-order chi connectivity index (χ0) is 12.3. The minimum atomic E-state index is -4.76. The number of hydrogen-bond acceptors (Lipinski definition) is 2. The number of alkyl halides is 3. The van der Waals surface area contributed by atoms with Crippen molar-refractivity contribution in [1.29, 1.82) is 0 Å². The van der Waals surface area contributed by atoms with Crippen molar-refractivity contribution in [3.8, 4) is 12.3 Å². The van der Waals surface area contributed by atoms with Gasteiger partial charge in [0.05, 0.1) is 5.56 Å². The van der Waals surface area contributed by atoms with Crippen molar-refractivity contribution in [2.45, 2.75) is 12.2 Å². The second-order valence-electron chi connectivity index (χ2n) is 2.97. The number of terminal acetylenes is 1. The molecule has 6 heteroatoms. The summed E-state index contributed by atoms with van der Waals surface area (Å²) in [4.78, 5) is 0. The molecule has 0 spiro atoms. The number of benzene rings is 1. The quantitative estimate of drug-likeness (QED) is 0.354. The molecule has 0 aliphatic heterocycles. The summed E-state index contributed by atoms with van der Waals surface area (Å²) in [5, 5.41) is 0. The lowest BCUT2D eigenvalue weighted by molar-refractivity contribution is -0.140. The number of nitrogens with two attached hydrogens (primary N) is 1. The summed E-state index contributed by atoms with van der Waals surface area (Å²) in [6.45, 7) is 0. The first-order valence-electron chi connectivity index (χ1n) is 4.19. The van der Waals surface area contributed by atoms with Gasteiger partial charge in [0.1, 0.15) is 11.9 Å². The molecule has 1 aromatic carbocycles. The highest BCUT2D eigenvalue weighted by Gasteiger charge is 2.35. The van der Waals surface area contributed by atoms with Crippen LogP contribution in [0.3, 0.4) is 0 Å². The van der Waals surface area contributed by atoms with E-state index in [1.165, 1.54) is 0 Å². The van der Waals surface area contributed by atoms with Crippen LogP contribution in [0.5, 0.6) is 0 Å². The molecule has 0 radical (unpaired) electrons. The Morgan fingerprint density at radius 3 is 2.44 bits per heavy atom. The first kappa shape index (κ1) is 12.5. The molecule has 0 saturated heterocycles. The maximum absolute atomic E-state index is 13.5. The van der Waals surface area contributed by atoms with E-state index < -0.39 is 23.6 Å². The van der Waals surface area contributed by atoms with Gasteiger partial charge in [-0.15, -0.1) is 6.42 Å². The second kappa shape index (κ2) is 4.51. The van der Waals surface area contributed by atoms with Crippen molar-refractivity contribution in [3.05, 3.63) is 35.1 Å². The Morgan fingerprint density at radius 2 is 2.00 bits per heavy atom. The van der Waals surface area contributed by atoms with Crippen LogP contribution in [0.25, 0.3) is 0 Å². The SMILES string of the molecule is C#CC(NN)c1cccc(C(F)(F)F)c1F. The molecule has 0 saturated carbocycles. The summed E-state index contributed by atoms with van der Waals surface area (Å²) in [5.41, 5.74) is 0.378. The maximum Gasteiger partial charge on any atom is 0.419 e. The van der Waals surface area contributed by atoms with Gasteiger partial charge in [-0.25, -0.2) is 9.82 Å². The molecule has 3 N–H and O–H groups in total. The van der Waals surface area contributed by atoms with Crippen molar-refractivity contribution >= 4 is 0 Å². The van der Waals surface area contributed by atoms with Crippen LogP contribution in [-0.2, 0) is 6.18 Å². The predicted octanol–water partition coefficient (Wildman–Crippen LogP) is 1.98. The van der Waals surface area contributed by atoms with Gasteiger partial charge in [-0.05, 0) is 6.07 Å². The monoisotopic (exact) mass is 232 g/mol. The van der Waals surface area contributed by atoms with Crippen LogP contribution in [0.1, 0.15) is 17.2 Å². The highest BCUT2D eigenvalue weighted by molar-refractivity contribution is 5.33. The van der Waals surface area contributed by atoms with E-state index in [4.69, 9.17) is 12.3 Å². The highest BCUT2D eigenvalue weighted by atomic mass is 19.4. The molecule has 1 atom stereocenters. The Morgan fingerprint density at radius 1 is 1.38 bits per heavy atom. The minimum absolute atomic E-state index is 0.306. The Labute approximate surface area is 89.4 Å². The molecular weight excluding hydrogens is 224 g/mol. The molecule has 0 amide bonds. The molecule has 0 aliphatic carbocycles. The zero-order valence-corrected chi connectivity index (χ0v) is 7.98. The summed E-state index contributed by atoms with van der Waals surface area (Å²) >= 11 is 0. The lowest BCUT2D eigenvalue weighted by Gasteiger charge is -2.14. The van der Waals surface area contributed by atoms with Gasteiger partial charge in [0, 0.05) is 5.56 Å². The van der Waals surface area contributed by atoms with Crippen LogP contribution in [0.4, 0.5) is 17.6 Å². The van der Waals surface area contributed by atoms with Gasteiger partial charge in [0.25, 0.3) is 0 Å². The van der Waals surface area contributed by atoms with Crippen LogP contribution in [-0.4, -0.2) is 0 Å². The van der Waals surface area contributed by atoms with Crippen LogP contribution in [0.15, 0.2) is 18.2 Å². The third-order valence-electron chi connectivity index (χ3n) is 1.98. The normalized spacial score (nSPS) is 13.2. The van der Waals surface area contributed by atoms with Crippen molar-refractivity contribution in [2.24, 2.45) is 5.84 Å². The second-order valence-corrected chi connectivity index (χ2v) is 2.97. The summed E-state index contributed by atoms with van der Waals surface area (Å²) < 4.78 is 50.6. The molecule has 0 fully saturated rings. The molecule has 2 nitrogen and oxygen atoms in total. The Balaban J connectivity index is 3.30. The van der Waals surface area contributed by atoms with Crippen LogP contribution < -0.4 is 11.3 Å². The largest absolute Gasteiger partial charge is 0.419 e. The smallest absolute Gasteiger partial charge is 0.270 e. The van der Waals surface area contributed by atoms with Gasteiger partial charge >= 0.3 is 6.18 Å². The number of hydrogen-bond donors (Lipinski definition) is 2. The fraction of sp³-hybridized carbons (Fsp3) is 0.200. The number of rotatable bonds is 2. The standard InChI is InChI=1S/C10H8F4N2/c1-2-8(16-15)6-4-3-5-7(9(6)11)10(12,13)14/h1,3-5,8,16H,15H2. The summed E-state index contributed by atoms with van der Waals surface area (Å²) in [6, 6.07) is 1.77. The molecule has 1 rings (SSSR count). The lowest BCUT2D eigenvalue weighted by Crippen LogP contribution is -2.28. The summed E-state index contributed by atoms with van der Waals surface area (Å²) in [7, 11) is 0. The summed E-state index contributed by atoms with van der Waals surface area (Å²) in [6.07, 6.45) is 0.247. The van der Waals surface area contributed by atoms with Crippen molar-refractivity contribution in [3.63, 3.8) is 0 Å². The first-order chi connectivity index (χ1) is 7.41. The first-order valence-corrected chi connectivity index (χ1v) is 4.19. The Kier molecular flexibility index (Phi) is 3.52. The molecule has 0 aliphatic rings. The molecule has 1 unspecified atom stereocenters. The minimum Gasteiger partial charge on any atom is -0.270 e. The van der Waals surface area contributed by atoms with Crippen molar-refractivity contribution in [2.75, 3.05) is 0 Å². The average molecular weight is 232 g/mol. The predicted molar refractivity (Wildman–Crippen MR) is 50.3 cm³/mol. The number of halogens is 4. The maximum atomic E-state index is 13.5. The zero-order valence-electron chi connectivity index (χ0n) is 7.98. The molecule has 16 heavy (non-hydrogen) atoms. The van der Waals surface area contributed by atoms with E-state index in [-0.39, 0.29) is 5.56 Å². The molecule has 0 heterocycles. The Bertz CT molecular complexity index is 420. The van der Waals surface area contributed by atoms with Gasteiger partial charge in [-0.2, -0.15) is 13.2 Å². The summed E-state index contributed by atoms with van der Waals surface area (Å²) in [5.74, 6) is 5.64. The van der Waals surface area contributed by atoms with Gasteiger partial charge in [0.2, 0.25) is 0 Å². The van der Waals surface area contributed by atoms with Crippen LogP contribution >= 0.6 is 0 Å². The van der Waals surface area contributed by atoms with Crippen LogP contribution in [0, 0.1) is 18.2 Å². The van der Waals surface area contributed by atoms with Gasteiger partial charge < -0.3 is 0 Å². The molecule has 1 aromatic rings. The fourth-order valence-corrected chi connectivity index (χ4v) is 1.22. The van der Waals surface area contributed by atoms with E-state index in [2.05, 4.69) is 0 Å². The van der Waals surface area contributed by atoms with Gasteiger partial charge in [-0.1, -0.05) is 18.1 Å². The highest BCUT2D eigenvalue weighted by Crippen LogP contribution is 2.33. The molecule has 0 aromatic heterocycles.